The molecule has 17 heavy (non-hydrogen) atoms. The Morgan fingerprint density at radius 3 is 2.94 bits per heavy atom. The minimum Gasteiger partial charge on any atom is -0.480 e. The molecule has 1 N–H and O–H groups in total. The number of ether oxygens (including phenoxy) is 1. The molecule has 0 aromatic carbocycles. The third-order valence-corrected chi connectivity index (χ3v) is 3.64. The van der Waals surface area contributed by atoms with Crippen LogP contribution in [0.15, 0.2) is 16.2 Å². The van der Waals surface area contributed by atoms with E-state index < -0.39 is 0 Å². The number of hydrogen-bond acceptors (Lipinski definition) is 6. The molecule has 0 amide bonds. The lowest BCUT2D eigenvalue weighted by Crippen LogP contribution is -2.04. The van der Waals surface area contributed by atoms with Gasteiger partial charge < -0.3 is 10.1 Å². The molecule has 0 aliphatic carbocycles. The second-order valence-electron chi connectivity index (χ2n) is 3.27. The van der Waals surface area contributed by atoms with Gasteiger partial charge in [-0.2, -0.15) is 4.98 Å². The highest BCUT2D eigenvalue weighted by molar-refractivity contribution is 9.10. The number of rotatable bonds is 4. The summed E-state index contributed by atoms with van der Waals surface area (Å²) in [5, 5.41) is 3.14. The van der Waals surface area contributed by atoms with Gasteiger partial charge in [0.2, 0.25) is 11.8 Å². The standard InChI is InChI=1S/C10H11BrN4OS/c1-6-8(17-5-14-6)4-13-10-12-3-7(11)9(15-10)16-2/h3,5H,4H2,1-2H3,(H,12,13,15). The first kappa shape index (κ1) is 12.3. The van der Waals surface area contributed by atoms with Crippen molar-refractivity contribution in [3.63, 3.8) is 0 Å². The molecule has 7 heteroatoms. The van der Waals surface area contributed by atoms with Crippen molar-refractivity contribution >= 4 is 33.2 Å². The summed E-state index contributed by atoms with van der Waals surface area (Å²) in [5.74, 6) is 1.06. The maximum Gasteiger partial charge on any atom is 0.232 e. The summed E-state index contributed by atoms with van der Waals surface area (Å²) in [6.07, 6.45) is 1.66. The summed E-state index contributed by atoms with van der Waals surface area (Å²) in [6.45, 7) is 2.65. The zero-order chi connectivity index (χ0) is 12.3. The molecule has 0 radical (unpaired) electrons. The molecule has 2 heterocycles. The van der Waals surface area contributed by atoms with Crippen molar-refractivity contribution < 1.29 is 4.74 Å². The van der Waals surface area contributed by atoms with Crippen molar-refractivity contribution in [1.29, 1.82) is 0 Å². The highest BCUT2D eigenvalue weighted by Crippen LogP contribution is 2.22. The lowest BCUT2D eigenvalue weighted by atomic mass is 10.4. The summed E-state index contributed by atoms with van der Waals surface area (Å²) >= 11 is 4.92. The Labute approximate surface area is 111 Å². The lowest BCUT2D eigenvalue weighted by molar-refractivity contribution is 0.394. The molecular weight excluding hydrogens is 304 g/mol. The number of anilines is 1. The second kappa shape index (κ2) is 5.42. The summed E-state index contributed by atoms with van der Waals surface area (Å²) in [5.41, 5.74) is 2.86. The van der Waals surface area contributed by atoms with E-state index in [0.717, 1.165) is 10.2 Å². The van der Waals surface area contributed by atoms with E-state index >= 15 is 0 Å². The zero-order valence-electron chi connectivity index (χ0n) is 9.40. The molecule has 0 aliphatic heterocycles. The Morgan fingerprint density at radius 1 is 1.47 bits per heavy atom. The Morgan fingerprint density at radius 2 is 2.29 bits per heavy atom. The van der Waals surface area contributed by atoms with Gasteiger partial charge in [-0.05, 0) is 22.9 Å². The summed E-state index contributed by atoms with van der Waals surface area (Å²) in [7, 11) is 1.57. The smallest absolute Gasteiger partial charge is 0.232 e. The molecule has 0 unspecified atom stereocenters. The van der Waals surface area contributed by atoms with Crippen LogP contribution in [-0.4, -0.2) is 22.1 Å². The van der Waals surface area contributed by atoms with Gasteiger partial charge in [-0.1, -0.05) is 0 Å². The van der Waals surface area contributed by atoms with Crippen LogP contribution in [-0.2, 0) is 6.54 Å². The molecule has 0 atom stereocenters. The minimum atomic E-state index is 0.517. The van der Waals surface area contributed by atoms with Crippen LogP contribution in [0.4, 0.5) is 5.95 Å². The number of hydrogen-bond donors (Lipinski definition) is 1. The molecule has 5 nitrogen and oxygen atoms in total. The van der Waals surface area contributed by atoms with Crippen LogP contribution in [0.25, 0.3) is 0 Å². The van der Waals surface area contributed by atoms with Crippen molar-refractivity contribution in [3.8, 4) is 5.88 Å². The number of aryl methyl sites for hydroxylation is 1. The predicted octanol–water partition coefficient (Wildman–Crippen LogP) is 2.62. The van der Waals surface area contributed by atoms with Crippen LogP contribution in [0.2, 0.25) is 0 Å². The average Bonchev–Trinajstić information content (AvgIpc) is 2.74. The second-order valence-corrected chi connectivity index (χ2v) is 5.06. The number of aromatic nitrogens is 3. The van der Waals surface area contributed by atoms with Gasteiger partial charge in [0, 0.05) is 4.88 Å². The van der Waals surface area contributed by atoms with Crippen molar-refractivity contribution in [1.82, 2.24) is 15.0 Å². The van der Waals surface area contributed by atoms with Crippen molar-refractivity contribution in [2.75, 3.05) is 12.4 Å². The van der Waals surface area contributed by atoms with Crippen molar-refractivity contribution in [3.05, 3.63) is 26.8 Å². The highest BCUT2D eigenvalue weighted by atomic mass is 79.9. The lowest BCUT2D eigenvalue weighted by Gasteiger charge is -2.06. The quantitative estimate of drug-likeness (QED) is 0.940. The van der Waals surface area contributed by atoms with E-state index in [2.05, 4.69) is 36.2 Å². The number of halogens is 1. The van der Waals surface area contributed by atoms with Gasteiger partial charge in [-0.3, -0.25) is 0 Å². The third kappa shape index (κ3) is 2.92. The topological polar surface area (TPSA) is 59.9 Å². The molecule has 0 spiro atoms. The molecule has 90 valence electrons. The Bertz CT molecular complexity index is 517. The summed E-state index contributed by atoms with van der Waals surface area (Å²) < 4.78 is 5.83. The van der Waals surface area contributed by atoms with E-state index in [0.29, 0.717) is 18.4 Å². The molecule has 0 saturated carbocycles. The van der Waals surface area contributed by atoms with Crippen molar-refractivity contribution in [2.24, 2.45) is 0 Å². The summed E-state index contributed by atoms with van der Waals surface area (Å²) in [4.78, 5) is 13.7. The highest BCUT2D eigenvalue weighted by Gasteiger charge is 2.06. The van der Waals surface area contributed by atoms with Crippen LogP contribution < -0.4 is 10.1 Å². The summed E-state index contributed by atoms with van der Waals surface area (Å²) in [6, 6.07) is 0. The monoisotopic (exact) mass is 314 g/mol. The van der Waals surface area contributed by atoms with E-state index in [4.69, 9.17) is 4.74 Å². The van der Waals surface area contributed by atoms with Crippen LogP contribution in [0, 0.1) is 6.92 Å². The van der Waals surface area contributed by atoms with E-state index in [1.165, 1.54) is 4.88 Å². The van der Waals surface area contributed by atoms with Gasteiger partial charge in [0.15, 0.2) is 0 Å². The molecule has 2 aromatic heterocycles. The van der Waals surface area contributed by atoms with Gasteiger partial charge in [-0.25, -0.2) is 9.97 Å². The van der Waals surface area contributed by atoms with Gasteiger partial charge in [0.1, 0.15) is 0 Å². The average molecular weight is 315 g/mol. The third-order valence-electron chi connectivity index (χ3n) is 2.16. The van der Waals surface area contributed by atoms with E-state index in [1.807, 2.05) is 12.4 Å². The van der Waals surface area contributed by atoms with E-state index in [1.54, 1.807) is 24.6 Å². The molecule has 0 fully saturated rings. The van der Waals surface area contributed by atoms with Crippen molar-refractivity contribution in [2.45, 2.75) is 13.5 Å². The number of thiazole rings is 1. The fourth-order valence-corrected chi connectivity index (χ4v) is 2.30. The van der Waals surface area contributed by atoms with Crippen LogP contribution in [0.1, 0.15) is 10.6 Å². The number of methoxy groups -OCH3 is 1. The van der Waals surface area contributed by atoms with E-state index in [-0.39, 0.29) is 0 Å². The molecule has 2 rings (SSSR count). The van der Waals surface area contributed by atoms with Gasteiger partial charge in [0.05, 0.1) is 35.5 Å². The fraction of sp³-hybridized carbons (Fsp3) is 0.300. The largest absolute Gasteiger partial charge is 0.480 e. The molecule has 0 bridgehead atoms. The Kier molecular flexibility index (Phi) is 3.90. The van der Waals surface area contributed by atoms with Gasteiger partial charge in [0.25, 0.3) is 0 Å². The zero-order valence-corrected chi connectivity index (χ0v) is 11.8. The first-order valence-corrected chi connectivity index (χ1v) is 6.57. The fourth-order valence-electron chi connectivity index (χ4n) is 1.24. The maximum absolute atomic E-state index is 5.10. The molecule has 2 aromatic rings. The molecular formula is C10H11BrN4OS. The van der Waals surface area contributed by atoms with Crippen LogP contribution >= 0.6 is 27.3 Å². The maximum atomic E-state index is 5.10. The first-order chi connectivity index (χ1) is 8.20. The van der Waals surface area contributed by atoms with Crippen LogP contribution in [0.3, 0.4) is 0 Å². The number of nitrogens with one attached hydrogen (secondary N) is 1. The normalized spacial score (nSPS) is 10.3. The Balaban J connectivity index is 2.07. The predicted molar refractivity (Wildman–Crippen MR) is 70.5 cm³/mol. The molecule has 0 aliphatic rings. The van der Waals surface area contributed by atoms with E-state index in [9.17, 15) is 0 Å². The SMILES string of the molecule is COc1nc(NCc2scnc2C)ncc1Br. The number of nitrogens with zero attached hydrogens (tertiary/aromatic N) is 3. The van der Waals surface area contributed by atoms with Crippen LogP contribution in [0.5, 0.6) is 5.88 Å². The Hall–Kier alpha value is -1.21. The molecule has 0 saturated heterocycles. The minimum absolute atomic E-state index is 0.517. The first-order valence-electron chi connectivity index (χ1n) is 4.90. The van der Waals surface area contributed by atoms with Gasteiger partial charge >= 0.3 is 0 Å². The van der Waals surface area contributed by atoms with Gasteiger partial charge in [-0.15, -0.1) is 11.3 Å².